The number of nitrogens with two attached hydrogens (primary N) is 2. The average molecular weight is 331 g/mol. The fourth-order valence-electron chi connectivity index (χ4n) is 2.69. The van der Waals surface area contributed by atoms with Crippen LogP contribution in [0.25, 0.3) is 0 Å². The number of primary sulfonamides is 1. The van der Waals surface area contributed by atoms with Crippen molar-refractivity contribution in [1.29, 1.82) is 0 Å². The summed E-state index contributed by atoms with van der Waals surface area (Å²) in [5, 5.41) is 7.90. The highest BCUT2D eigenvalue weighted by Gasteiger charge is 2.37. The van der Waals surface area contributed by atoms with E-state index in [2.05, 4.69) is 5.32 Å². The first-order valence-electron chi connectivity index (χ1n) is 6.88. The van der Waals surface area contributed by atoms with Crippen LogP contribution in [-0.2, 0) is 21.4 Å². The normalized spacial score (nSPS) is 26.5. The number of carbonyl (C=O) groups excluding carboxylic acids is 1. The molecule has 6 nitrogen and oxygen atoms in total. The molecule has 0 aromatic carbocycles. The number of hydrogen-bond acceptors (Lipinski definition) is 5. The molecule has 1 aliphatic carbocycles. The van der Waals surface area contributed by atoms with Gasteiger partial charge in [-0.25, -0.2) is 13.6 Å². The number of rotatable bonds is 4. The highest BCUT2D eigenvalue weighted by Crippen LogP contribution is 2.31. The van der Waals surface area contributed by atoms with Crippen LogP contribution < -0.4 is 16.2 Å². The van der Waals surface area contributed by atoms with Gasteiger partial charge in [0.25, 0.3) is 0 Å². The van der Waals surface area contributed by atoms with Gasteiger partial charge < -0.3 is 11.1 Å². The van der Waals surface area contributed by atoms with E-state index in [4.69, 9.17) is 10.9 Å². The van der Waals surface area contributed by atoms with Crippen LogP contribution in [0.1, 0.15) is 37.5 Å². The number of thiophene rings is 1. The lowest BCUT2D eigenvalue weighted by Crippen LogP contribution is -2.52. The third kappa shape index (κ3) is 4.03. The molecule has 0 spiro atoms. The predicted molar refractivity (Wildman–Crippen MR) is 82.1 cm³/mol. The number of sulfonamides is 1. The Morgan fingerprint density at radius 2 is 2.19 bits per heavy atom. The van der Waals surface area contributed by atoms with E-state index in [1.54, 1.807) is 6.07 Å². The van der Waals surface area contributed by atoms with Crippen molar-refractivity contribution in [3.8, 4) is 0 Å². The molecule has 1 aromatic rings. The van der Waals surface area contributed by atoms with Crippen LogP contribution in [0.15, 0.2) is 16.3 Å². The molecule has 118 valence electrons. The number of hydrogen-bond donors (Lipinski definition) is 3. The Hall–Kier alpha value is -0.960. The molecule has 1 fully saturated rings. The summed E-state index contributed by atoms with van der Waals surface area (Å²) >= 11 is 1.07. The molecular weight excluding hydrogens is 310 g/mol. The van der Waals surface area contributed by atoms with Crippen LogP contribution in [0.4, 0.5) is 0 Å². The molecule has 0 bridgehead atoms. The van der Waals surface area contributed by atoms with Crippen molar-refractivity contribution in [2.24, 2.45) is 16.8 Å². The highest BCUT2D eigenvalue weighted by molar-refractivity contribution is 7.91. The standard InChI is InChI=1S/C13H21N3O3S2/c1-13(14)7-3-2-4-10(13)12(17)16-8-9-5-6-11(20-9)21(15,18)19/h5-6,10H,2-4,7-8,14H2,1H3,(H,16,17)(H2,15,18,19). The molecular formula is C13H21N3O3S2. The Bertz CT molecular complexity index is 622. The van der Waals surface area contributed by atoms with Crippen LogP contribution in [-0.4, -0.2) is 19.9 Å². The molecule has 2 atom stereocenters. The molecule has 5 N–H and O–H groups in total. The summed E-state index contributed by atoms with van der Waals surface area (Å²) in [7, 11) is -3.67. The Morgan fingerprint density at radius 3 is 2.76 bits per heavy atom. The minimum atomic E-state index is -3.67. The molecule has 0 radical (unpaired) electrons. The van der Waals surface area contributed by atoms with Gasteiger partial charge in [-0.1, -0.05) is 12.8 Å². The second-order valence-corrected chi connectivity index (χ2v) is 8.74. The maximum absolute atomic E-state index is 12.3. The second-order valence-electron chi connectivity index (χ2n) is 5.79. The van der Waals surface area contributed by atoms with Crippen molar-refractivity contribution >= 4 is 27.3 Å². The predicted octanol–water partition coefficient (Wildman–Crippen LogP) is 0.919. The van der Waals surface area contributed by atoms with E-state index in [1.807, 2.05) is 6.92 Å². The van der Waals surface area contributed by atoms with Crippen molar-refractivity contribution in [3.05, 3.63) is 17.0 Å². The smallest absolute Gasteiger partial charge is 0.247 e. The Morgan fingerprint density at radius 1 is 1.48 bits per heavy atom. The quantitative estimate of drug-likeness (QED) is 0.761. The number of amides is 1. The lowest BCUT2D eigenvalue weighted by atomic mass is 9.74. The van der Waals surface area contributed by atoms with Crippen LogP contribution in [0.2, 0.25) is 0 Å². The molecule has 2 rings (SSSR count). The summed E-state index contributed by atoms with van der Waals surface area (Å²) in [5.41, 5.74) is 5.73. The third-order valence-corrected chi connectivity index (χ3v) is 6.45. The Balaban J connectivity index is 1.96. The summed E-state index contributed by atoms with van der Waals surface area (Å²) < 4.78 is 22.5. The van der Waals surface area contributed by atoms with Gasteiger partial charge in [0.05, 0.1) is 12.5 Å². The minimum Gasteiger partial charge on any atom is -0.351 e. The monoisotopic (exact) mass is 331 g/mol. The van der Waals surface area contributed by atoms with Gasteiger partial charge >= 0.3 is 0 Å². The van der Waals surface area contributed by atoms with E-state index in [9.17, 15) is 13.2 Å². The summed E-state index contributed by atoms with van der Waals surface area (Å²) in [5.74, 6) is -0.255. The van der Waals surface area contributed by atoms with Gasteiger partial charge in [0.1, 0.15) is 4.21 Å². The molecule has 8 heteroatoms. The molecule has 1 aromatic heterocycles. The number of nitrogens with one attached hydrogen (secondary N) is 1. The van der Waals surface area contributed by atoms with E-state index >= 15 is 0 Å². The van der Waals surface area contributed by atoms with Gasteiger partial charge in [-0.3, -0.25) is 4.79 Å². The summed E-state index contributed by atoms with van der Waals surface area (Å²) in [6.07, 6.45) is 3.71. The van der Waals surface area contributed by atoms with E-state index in [0.29, 0.717) is 6.54 Å². The van der Waals surface area contributed by atoms with Crippen LogP contribution in [0.5, 0.6) is 0 Å². The maximum Gasteiger partial charge on any atom is 0.247 e. The lowest BCUT2D eigenvalue weighted by Gasteiger charge is -2.37. The summed E-state index contributed by atoms with van der Waals surface area (Å²) in [6, 6.07) is 3.11. The van der Waals surface area contributed by atoms with Crippen molar-refractivity contribution in [3.63, 3.8) is 0 Å². The molecule has 21 heavy (non-hydrogen) atoms. The molecule has 1 aliphatic rings. The Labute approximate surface area is 129 Å². The molecule has 1 heterocycles. The van der Waals surface area contributed by atoms with E-state index in [0.717, 1.165) is 41.9 Å². The van der Waals surface area contributed by atoms with E-state index in [-0.39, 0.29) is 16.0 Å². The lowest BCUT2D eigenvalue weighted by molar-refractivity contribution is -0.128. The molecule has 1 saturated carbocycles. The summed E-state index contributed by atoms with van der Waals surface area (Å²) in [4.78, 5) is 13.0. The van der Waals surface area contributed by atoms with Crippen LogP contribution in [0.3, 0.4) is 0 Å². The topological polar surface area (TPSA) is 115 Å². The van der Waals surface area contributed by atoms with Crippen molar-refractivity contribution in [2.75, 3.05) is 0 Å². The fourth-order valence-corrected chi connectivity index (χ4v) is 4.41. The van der Waals surface area contributed by atoms with Gasteiger partial charge in [-0.15, -0.1) is 11.3 Å². The zero-order chi connectivity index (χ0) is 15.7. The number of carbonyl (C=O) groups is 1. The van der Waals surface area contributed by atoms with Gasteiger partial charge in [-0.05, 0) is 31.9 Å². The van der Waals surface area contributed by atoms with Crippen LogP contribution >= 0.6 is 11.3 Å². The molecule has 0 aliphatic heterocycles. The van der Waals surface area contributed by atoms with Crippen molar-refractivity contribution < 1.29 is 13.2 Å². The zero-order valence-electron chi connectivity index (χ0n) is 12.0. The van der Waals surface area contributed by atoms with Crippen molar-refractivity contribution in [1.82, 2.24) is 5.32 Å². The van der Waals surface area contributed by atoms with Gasteiger partial charge in [0.2, 0.25) is 15.9 Å². The molecule has 2 unspecified atom stereocenters. The first kappa shape index (κ1) is 16.4. The van der Waals surface area contributed by atoms with Crippen LogP contribution in [0, 0.1) is 5.92 Å². The van der Waals surface area contributed by atoms with Crippen molar-refractivity contribution in [2.45, 2.75) is 48.9 Å². The van der Waals surface area contributed by atoms with E-state index in [1.165, 1.54) is 6.07 Å². The molecule has 0 saturated heterocycles. The van der Waals surface area contributed by atoms with Gasteiger partial charge in [-0.2, -0.15) is 0 Å². The average Bonchev–Trinajstić information content (AvgIpc) is 2.84. The fraction of sp³-hybridized carbons (Fsp3) is 0.615. The maximum atomic E-state index is 12.3. The summed E-state index contributed by atoms with van der Waals surface area (Å²) in [6.45, 7) is 2.21. The first-order valence-corrected chi connectivity index (χ1v) is 9.24. The first-order chi connectivity index (χ1) is 9.70. The third-order valence-electron chi connectivity index (χ3n) is 3.93. The van der Waals surface area contributed by atoms with E-state index < -0.39 is 15.6 Å². The highest BCUT2D eigenvalue weighted by atomic mass is 32.2. The molecule has 1 amide bonds. The van der Waals surface area contributed by atoms with Gasteiger partial charge in [0.15, 0.2) is 0 Å². The second kappa shape index (κ2) is 6.04. The largest absolute Gasteiger partial charge is 0.351 e. The minimum absolute atomic E-state index is 0.0646. The zero-order valence-corrected chi connectivity index (χ0v) is 13.6. The Kier molecular flexibility index (Phi) is 4.72. The van der Waals surface area contributed by atoms with Gasteiger partial charge in [0, 0.05) is 10.4 Å². The SMILES string of the molecule is CC1(N)CCCCC1C(=O)NCc1ccc(S(N)(=O)=O)s1.